The summed E-state index contributed by atoms with van der Waals surface area (Å²) >= 11 is 0. The van der Waals surface area contributed by atoms with E-state index in [1.807, 2.05) is 0 Å². The van der Waals surface area contributed by atoms with Crippen molar-refractivity contribution in [2.45, 2.75) is 6.42 Å². The molecular weight excluding hydrogens is 151 g/mol. The van der Waals surface area contributed by atoms with Gasteiger partial charge in [0.2, 0.25) is 0 Å². The minimum Gasteiger partial charge on any atom is -0.693 e. The van der Waals surface area contributed by atoms with Crippen LogP contribution in [-0.2, 0) is 32.7 Å². The van der Waals surface area contributed by atoms with Crippen LogP contribution in [0.3, 0.4) is 0 Å². The Morgan fingerprint density at radius 3 is 1.83 bits per heavy atom. The quantitative estimate of drug-likeness (QED) is 0.415. The predicted molar refractivity (Wildman–Crippen MR) is 25.5 cm³/mol. The van der Waals surface area contributed by atoms with Gasteiger partial charge in [-0.1, -0.05) is 0 Å². The summed E-state index contributed by atoms with van der Waals surface area (Å²) in [6, 6.07) is 0. The summed E-state index contributed by atoms with van der Waals surface area (Å²) in [6.07, 6.45) is 2.60. The first kappa shape index (κ1) is 15.8. The molecule has 0 aliphatic heterocycles. The fourth-order valence-corrected chi connectivity index (χ4v) is 0. The number of hydrogen-bond donors (Lipinski definition) is 0. The molecule has 0 fully saturated rings. The van der Waals surface area contributed by atoms with Crippen LogP contribution in [0.4, 0.5) is 0 Å². The summed E-state index contributed by atoms with van der Waals surface area (Å²) in [5, 5.41) is 0. The molecule has 0 bridgehead atoms. The molecule has 6 heavy (non-hydrogen) atoms. The average molecular weight is 160 g/mol. The SMILES string of the molecule is C=CC[CH2-].[NH2-].[Y]. The zero-order valence-corrected chi connectivity index (χ0v) is 6.69. The second kappa shape index (κ2) is 17.0. The molecule has 0 saturated heterocycles. The zero-order chi connectivity index (χ0) is 3.41. The Hall–Kier alpha value is 0.804. The Labute approximate surface area is 64.7 Å². The Morgan fingerprint density at radius 1 is 1.67 bits per heavy atom. The van der Waals surface area contributed by atoms with E-state index in [2.05, 4.69) is 13.5 Å². The third kappa shape index (κ3) is 21.4. The maximum Gasteiger partial charge on any atom is 0 e. The normalized spacial score (nSPS) is 4.17. The molecule has 0 aromatic heterocycles. The summed E-state index contributed by atoms with van der Waals surface area (Å²) in [4.78, 5) is 0. The molecule has 0 atom stereocenters. The summed E-state index contributed by atoms with van der Waals surface area (Å²) < 4.78 is 0. The van der Waals surface area contributed by atoms with Crippen LogP contribution in [0.5, 0.6) is 0 Å². The second-order valence-electron chi connectivity index (χ2n) is 0.577. The van der Waals surface area contributed by atoms with Crippen molar-refractivity contribution in [2.24, 2.45) is 0 Å². The minimum atomic E-state index is 0. The van der Waals surface area contributed by atoms with E-state index in [9.17, 15) is 0 Å². The molecular formula is C4H9NY-2. The zero-order valence-electron chi connectivity index (χ0n) is 3.85. The van der Waals surface area contributed by atoms with E-state index in [-0.39, 0.29) is 38.9 Å². The van der Waals surface area contributed by atoms with E-state index in [0.29, 0.717) is 0 Å². The Bertz CT molecular complexity index is 21.5. The number of rotatable bonds is 1. The van der Waals surface area contributed by atoms with Gasteiger partial charge in [-0.2, -0.15) is 6.42 Å². The molecule has 0 heterocycles. The first-order valence-electron chi connectivity index (χ1n) is 1.32. The summed E-state index contributed by atoms with van der Waals surface area (Å²) in [5.41, 5.74) is 0. The number of hydrogen-bond acceptors (Lipinski definition) is 0. The topological polar surface area (TPSA) is 33.5 Å². The molecule has 1 nitrogen and oxygen atoms in total. The standard InChI is InChI=1S/C4H7.H2N.Y/c1-3-4-2;;/h3H,1-2,4H2;1H2;/q2*-1;. The fraction of sp³-hybridized carbons (Fsp3) is 0.250. The van der Waals surface area contributed by atoms with Gasteiger partial charge in [0, 0.05) is 32.7 Å². The van der Waals surface area contributed by atoms with Crippen molar-refractivity contribution in [3.8, 4) is 0 Å². The van der Waals surface area contributed by atoms with Gasteiger partial charge >= 0.3 is 0 Å². The van der Waals surface area contributed by atoms with E-state index in [1.165, 1.54) is 0 Å². The molecule has 0 amide bonds. The van der Waals surface area contributed by atoms with Gasteiger partial charge in [-0.15, -0.1) is 12.7 Å². The van der Waals surface area contributed by atoms with Crippen LogP contribution in [-0.4, -0.2) is 0 Å². The van der Waals surface area contributed by atoms with E-state index in [0.717, 1.165) is 6.42 Å². The third-order valence-electron chi connectivity index (χ3n) is 0.204. The number of nitrogens with two attached hydrogens (primary N) is 1. The van der Waals surface area contributed by atoms with Crippen molar-refractivity contribution < 1.29 is 32.7 Å². The molecule has 0 aliphatic rings. The van der Waals surface area contributed by atoms with Crippen LogP contribution in [0.25, 0.3) is 6.15 Å². The molecule has 0 aliphatic carbocycles. The average Bonchev–Trinajstić information content (AvgIpc) is 1.37. The smallest absolute Gasteiger partial charge is 0 e. The van der Waals surface area contributed by atoms with Gasteiger partial charge in [0.05, 0.1) is 0 Å². The van der Waals surface area contributed by atoms with Crippen molar-refractivity contribution in [1.82, 2.24) is 0 Å². The molecule has 35 valence electrons. The van der Waals surface area contributed by atoms with Gasteiger partial charge in [0.25, 0.3) is 0 Å². The predicted octanol–water partition coefficient (Wildman–Crippen LogP) is 2.11. The van der Waals surface area contributed by atoms with Crippen LogP contribution >= 0.6 is 0 Å². The maximum atomic E-state index is 3.49. The van der Waals surface area contributed by atoms with Crippen LogP contribution in [0.2, 0.25) is 0 Å². The summed E-state index contributed by atoms with van der Waals surface area (Å²) in [5.74, 6) is 0. The molecule has 0 rings (SSSR count). The van der Waals surface area contributed by atoms with Gasteiger partial charge in [0.15, 0.2) is 0 Å². The summed E-state index contributed by atoms with van der Waals surface area (Å²) in [6.45, 7) is 6.90. The fourth-order valence-electron chi connectivity index (χ4n) is 0. The first-order valence-corrected chi connectivity index (χ1v) is 1.32. The molecule has 0 aromatic carbocycles. The monoisotopic (exact) mass is 160 g/mol. The molecule has 0 saturated carbocycles. The Kier molecular flexibility index (Phi) is 45.0. The van der Waals surface area contributed by atoms with Crippen molar-refractivity contribution in [3.05, 3.63) is 25.7 Å². The van der Waals surface area contributed by atoms with Crippen LogP contribution in [0.15, 0.2) is 12.7 Å². The number of allylic oxidation sites excluding steroid dienone is 1. The Balaban J connectivity index is -0.0000000450. The van der Waals surface area contributed by atoms with Crippen LogP contribution in [0.1, 0.15) is 6.42 Å². The van der Waals surface area contributed by atoms with Crippen molar-refractivity contribution >= 4 is 0 Å². The van der Waals surface area contributed by atoms with E-state index >= 15 is 0 Å². The maximum absolute atomic E-state index is 3.49. The van der Waals surface area contributed by atoms with E-state index in [4.69, 9.17) is 0 Å². The van der Waals surface area contributed by atoms with Crippen molar-refractivity contribution in [2.75, 3.05) is 0 Å². The van der Waals surface area contributed by atoms with Crippen LogP contribution in [0, 0.1) is 6.92 Å². The van der Waals surface area contributed by atoms with Crippen LogP contribution < -0.4 is 0 Å². The molecule has 0 unspecified atom stereocenters. The second-order valence-corrected chi connectivity index (χ2v) is 0.577. The van der Waals surface area contributed by atoms with Crippen molar-refractivity contribution in [1.29, 1.82) is 0 Å². The minimum absolute atomic E-state index is 0. The van der Waals surface area contributed by atoms with E-state index in [1.54, 1.807) is 6.08 Å². The molecule has 0 spiro atoms. The molecule has 1 radical (unpaired) electrons. The van der Waals surface area contributed by atoms with Gasteiger partial charge in [-0.05, 0) is 0 Å². The molecule has 2 N–H and O–H groups in total. The van der Waals surface area contributed by atoms with Gasteiger partial charge < -0.3 is 13.1 Å². The van der Waals surface area contributed by atoms with Crippen molar-refractivity contribution in [3.63, 3.8) is 0 Å². The first-order chi connectivity index (χ1) is 1.91. The third-order valence-corrected chi connectivity index (χ3v) is 0.204. The summed E-state index contributed by atoms with van der Waals surface area (Å²) in [7, 11) is 0. The molecule has 0 aromatic rings. The van der Waals surface area contributed by atoms with E-state index < -0.39 is 0 Å². The Morgan fingerprint density at radius 2 is 1.83 bits per heavy atom. The molecule has 2 heteroatoms. The van der Waals surface area contributed by atoms with Gasteiger partial charge in [-0.25, -0.2) is 0 Å². The largest absolute Gasteiger partial charge is 0.693 e. The van der Waals surface area contributed by atoms with Gasteiger partial charge in [0.1, 0.15) is 0 Å². The van der Waals surface area contributed by atoms with Gasteiger partial charge in [-0.3, -0.25) is 0 Å².